The minimum Gasteiger partial charge on any atom is -0.497 e. The zero-order valence-electron chi connectivity index (χ0n) is 16.6. The normalized spacial score (nSPS) is 31.2. The van der Waals surface area contributed by atoms with Crippen LogP contribution in [0.25, 0.3) is 0 Å². The van der Waals surface area contributed by atoms with Crippen LogP contribution in [0.5, 0.6) is 5.75 Å². The van der Waals surface area contributed by atoms with Crippen LogP contribution in [0.4, 0.5) is 4.79 Å². The number of urea groups is 1. The van der Waals surface area contributed by atoms with E-state index in [9.17, 15) is 9.59 Å². The second-order valence-electron chi connectivity index (χ2n) is 7.76. The molecule has 4 rings (SSSR count). The summed E-state index contributed by atoms with van der Waals surface area (Å²) in [4.78, 5) is 28.4. The first-order valence-corrected chi connectivity index (χ1v) is 10.8. The molecule has 1 aromatic rings. The molecule has 2 aliphatic heterocycles. The van der Waals surface area contributed by atoms with Crippen LogP contribution in [0.3, 0.4) is 0 Å². The van der Waals surface area contributed by atoms with Crippen molar-refractivity contribution in [2.24, 2.45) is 5.92 Å². The Morgan fingerprint density at radius 1 is 1.07 bits per heavy atom. The molecule has 2 saturated heterocycles. The first-order chi connectivity index (χ1) is 13.5. The summed E-state index contributed by atoms with van der Waals surface area (Å²) in [7, 11) is 4.99. The highest BCUT2D eigenvalue weighted by Gasteiger charge is 2.51. The van der Waals surface area contributed by atoms with Gasteiger partial charge in [-0.1, -0.05) is 25.0 Å². The number of amides is 3. The number of rotatable bonds is 4. The topological polar surface area (TPSA) is 73.9 Å². The van der Waals surface area contributed by atoms with Gasteiger partial charge >= 0.3 is 6.03 Å². The van der Waals surface area contributed by atoms with Crippen molar-refractivity contribution in [3.8, 4) is 5.75 Å². The van der Waals surface area contributed by atoms with E-state index in [0.717, 1.165) is 11.3 Å². The third-order valence-electron chi connectivity index (χ3n) is 6.05. The summed E-state index contributed by atoms with van der Waals surface area (Å²) in [6.07, 6.45) is 4.43. The van der Waals surface area contributed by atoms with Gasteiger partial charge in [0.05, 0.1) is 30.7 Å². The molecule has 3 aliphatic rings. The Bertz CT molecular complexity index is 737. The fraction of sp³-hybridized carbons (Fsp3) is 0.600. The number of ether oxygens (including phenoxy) is 1. The largest absolute Gasteiger partial charge is 0.497 e. The average Bonchev–Trinajstić information content (AvgIpc) is 3.23. The van der Waals surface area contributed by atoms with Crippen molar-refractivity contribution in [2.75, 3.05) is 21.2 Å². The lowest BCUT2D eigenvalue weighted by Crippen LogP contribution is -2.72. The Kier molecular flexibility index (Phi) is 5.53. The molecule has 2 heterocycles. The van der Waals surface area contributed by atoms with Crippen LogP contribution in [0.1, 0.15) is 37.4 Å². The highest BCUT2D eigenvalue weighted by molar-refractivity contribution is 8.00. The van der Waals surface area contributed by atoms with Crippen LogP contribution < -0.4 is 15.4 Å². The number of benzene rings is 1. The van der Waals surface area contributed by atoms with Crippen LogP contribution >= 0.6 is 11.8 Å². The van der Waals surface area contributed by atoms with E-state index in [2.05, 4.69) is 10.6 Å². The summed E-state index contributed by atoms with van der Waals surface area (Å²) in [5, 5.41) is 7.65. The lowest BCUT2D eigenvalue weighted by atomic mass is 9.96. The second-order valence-corrected chi connectivity index (χ2v) is 9.21. The van der Waals surface area contributed by atoms with E-state index < -0.39 is 0 Å². The number of thioether (sulfide) groups is 1. The SMILES string of the molecule is COc1ccc(C2NC(SC3CCCC3)C3C(=O)N(C)C(=O)N(C)C3N2)cc1. The smallest absolute Gasteiger partial charge is 0.327 e. The molecule has 1 aliphatic carbocycles. The molecule has 1 saturated carbocycles. The van der Waals surface area contributed by atoms with Gasteiger partial charge in [-0.2, -0.15) is 0 Å². The number of methoxy groups -OCH3 is 1. The molecular formula is C20H28N4O3S. The number of nitrogens with one attached hydrogen (secondary N) is 2. The maximum Gasteiger partial charge on any atom is 0.327 e. The number of carbonyl (C=O) groups is 2. The van der Waals surface area contributed by atoms with E-state index in [1.165, 1.54) is 30.6 Å². The Morgan fingerprint density at radius 3 is 2.39 bits per heavy atom. The Labute approximate surface area is 170 Å². The lowest BCUT2D eigenvalue weighted by molar-refractivity contribution is -0.140. The van der Waals surface area contributed by atoms with Gasteiger partial charge in [0.2, 0.25) is 5.91 Å². The molecule has 4 atom stereocenters. The molecule has 8 heteroatoms. The molecule has 3 amide bonds. The van der Waals surface area contributed by atoms with Crippen molar-refractivity contribution in [2.45, 2.75) is 48.6 Å². The standard InChI is InChI=1S/C20H28N4O3S/c1-23-17-15(19(25)24(2)20(23)26)18(28-14-6-4-5-7-14)22-16(21-17)12-8-10-13(27-3)11-9-12/h8-11,14-18,21-22H,4-7H2,1-3H3. The molecule has 1 aromatic carbocycles. The molecule has 0 spiro atoms. The van der Waals surface area contributed by atoms with Crippen LogP contribution in [0, 0.1) is 5.92 Å². The van der Waals surface area contributed by atoms with E-state index >= 15 is 0 Å². The molecule has 2 N–H and O–H groups in total. The summed E-state index contributed by atoms with van der Waals surface area (Å²) >= 11 is 1.87. The van der Waals surface area contributed by atoms with Gasteiger partial charge in [0.1, 0.15) is 5.75 Å². The highest BCUT2D eigenvalue weighted by Crippen LogP contribution is 2.40. The zero-order chi connectivity index (χ0) is 19.8. The molecule has 4 unspecified atom stereocenters. The van der Waals surface area contributed by atoms with Crippen molar-refractivity contribution in [1.29, 1.82) is 0 Å². The summed E-state index contributed by atoms with van der Waals surface area (Å²) in [6, 6.07) is 7.62. The number of hydrogen-bond donors (Lipinski definition) is 2. The van der Waals surface area contributed by atoms with Gasteiger partial charge < -0.3 is 9.64 Å². The van der Waals surface area contributed by atoms with Crippen molar-refractivity contribution in [3.05, 3.63) is 29.8 Å². The molecule has 152 valence electrons. The fourth-order valence-corrected chi connectivity index (χ4v) is 6.06. The number of hydrogen-bond acceptors (Lipinski definition) is 6. The lowest BCUT2D eigenvalue weighted by Gasteiger charge is -2.50. The van der Waals surface area contributed by atoms with Crippen molar-refractivity contribution < 1.29 is 14.3 Å². The van der Waals surface area contributed by atoms with Crippen molar-refractivity contribution >= 4 is 23.7 Å². The molecular weight excluding hydrogens is 376 g/mol. The Hall–Kier alpha value is -1.77. The van der Waals surface area contributed by atoms with Gasteiger partial charge in [-0.25, -0.2) is 4.79 Å². The summed E-state index contributed by atoms with van der Waals surface area (Å²) in [6.45, 7) is 0. The summed E-state index contributed by atoms with van der Waals surface area (Å²) in [5.74, 6) is 0.376. The van der Waals surface area contributed by atoms with Crippen LogP contribution in [0.15, 0.2) is 24.3 Å². The molecule has 0 bridgehead atoms. The van der Waals surface area contributed by atoms with Gasteiger partial charge in [-0.15, -0.1) is 11.8 Å². The molecule has 0 aromatic heterocycles. The van der Waals surface area contributed by atoms with E-state index in [4.69, 9.17) is 4.74 Å². The quantitative estimate of drug-likeness (QED) is 0.803. The van der Waals surface area contributed by atoms with Crippen molar-refractivity contribution in [1.82, 2.24) is 20.4 Å². The third-order valence-corrected chi connectivity index (χ3v) is 7.63. The van der Waals surface area contributed by atoms with Gasteiger partial charge in [-0.05, 0) is 30.5 Å². The van der Waals surface area contributed by atoms with Crippen LogP contribution in [0.2, 0.25) is 0 Å². The third kappa shape index (κ3) is 3.49. The van der Waals surface area contributed by atoms with Gasteiger partial charge in [0.25, 0.3) is 0 Å². The van der Waals surface area contributed by atoms with Gasteiger partial charge in [-0.3, -0.25) is 20.3 Å². The predicted octanol–water partition coefficient (Wildman–Crippen LogP) is 2.35. The summed E-state index contributed by atoms with van der Waals surface area (Å²) in [5.41, 5.74) is 1.06. The molecule has 3 fully saturated rings. The number of nitrogens with zero attached hydrogens (tertiary/aromatic N) is 2. The molecule has 0 radical (unpaired) electrons. The monoisotopic (exact) mass is 404 g/mol. The van der Waals surface area contributed by atoms with Crippen LogP contribution in [-0.4, -0.2) is 59.7 Å². The molecule has 28 heavy (non-hydrogen) atoms. The summed E-state index contributed by atoms with van der Waals surface area (Å²) < 4.78 is 5.26. The van der Waals surface area contributed by atoms with Crippen LogP contribution in [-0.2, 0) is 4.79 Å². The molecule has 7 nitrogen and oxygen atoms in total. The van der Waals surface area contributed by atoms with E-state index in [0.29, 0.717) is 5.25 Å². The Balaban J connectivity index is 1.62. The maximum atomic E-state index is 13.0. The minimum atomic E-state index is -0.330. The highest BCUT2D eigenvalue weighted by atomic mass is 32.2. The van der Waals surface area contributed by atoms with Crippen molar-refractivity contribution in [3.63, 3.8) is 0 Å². The number of imide groups is 1. The Morgan fingerprint density at radius 2 is 1.75 bits per heavy atom. The second kappa shape index (κ2) is 7.93. The predicted molar refractivity (Wildman–Crippen MR) is 109 cm³/mol. The first-order valence-electron chi connectivity index (χ1n) is 9.85. The first kappa shape index (κ1) is 19.5. The van der Waals surface area contributed by atoms with E-state index in [1.807, 2.05) is 36.0 Å². The van der Waals surface area contributed by atoms with Gasteiger partial charge in [0, 0.05) is 19.3 Å². The average molecular weight is 405 g/mol. The minimum absolute atomic E-state index is 0.0491. The number of fused-ring (bicyclic) bond motifs is 1. The maximum absolute atomic E-state index is 13.0. The van der Waals surface area contributed by atoms with Gasteiger partial charge in [0.15, 0.2) is 0 Å². The van der Waals surface area contributed by atoms with E-state index in [-0.39, 0.29) is 35.6 Å². The zero-order valence-corrected chi connectivity index (χ0v) is 17.4. The van der Waals surface area contributed by atoms with E-state index in [1.54, 1.807) is 26.1 Å². The number of carbonyl (C=O) groups excluding carboxylic acids is 2. The fourth-order valence-electron chi connectivity index (χ4n) is 4.39.